The van der Waals surface area contributed by atoms with Crippen molar-refractivity contribution in [1.29, 1.82) is 0 Å². The normalized spacial score (nSPS) is 34.1. The van der Waals surface area contributed by atoms with Gasteiger partial charge in [0.1, 0.15) is 12.2 Å². The van der Waals surface area contributed by atoms with Crippen LogP contribution in [0.15, 0.2) is 0 Å². The van der Waals surface area contributed by atoms with Crippen molar-refractivity contribution < 1.29 is 24.4 Å². The van der Waals surface area contributed by atoms with E-state index >= 15 is 0 Å². The Kier molecular flexibility index (Phi) is 7.78. The molecular weight excluding hydrogens is 320 g/mol. The summed E-state index contributed by atoms with van der Waals surface area (Å²) in [4.78, 5) is 0. The Morgan fingerprint density at radius 2 is 1.88 bits per heavy atom. The number of hydrogen-bond acceptors (Lipinski definition) is 5. The van der Waals surface area contributed by atoms with Gasteiger partial charge in [-0.05, 0) is 59.3 Å². The molecule has 0 aromatic rings. The molecule has 5 nitrogen and oxygen atoms in total. The van der Waals surface area contributed by atoms with E-state index in [0.29, 0.717) is 32.7 Å². The molecule has 25 heavy (non-hydrogen) atoms. The molecule has 142 valence electrons. The smallest absolute Gasteiger partial charge is 0.184 e. The third kappa shape index (κ3) is 3.96. The molecule has 5 atom stereocenters. The standard InChI is InChI=1S/C20H32O5/c1-7-12-19(22)17(24-9-3)16(5)11-13-20(19,25-10-4)18(6,21)14-15-23-8-2/h16-17,21-22H,8-11,13H2,1-6H3/t16?,17?,18?,19?,20-/m0/s1. The van der Waals surface area contributed by atoms with E-state index in [0.717, 1.165) is 0 Å². The third-order valence-electron chi connectivity index (χ3n) is 4.85. The quantitative estimate of drug-likeness (QED) is 0.717. The molecule has 4 unspecified atom stereocenters. The fraction of sp³-hybridized carbons (Fsp3) is 0.800. The lowest BCUT2D eigenvalue weighted by molar-refractivity contribution is -0.283. The highest BCUT2D eigenvalue weighted by atomic mass is 16.5. The van der Waals surface area contributed by atoms with Crippen molar-refractivity contribution in [2.24, 2.45) is 5.92 Å². The van der Waals surface area contributed by atoms with Crippen LogP contribution in [0.25, 0.3) is 0 Å². The van der Waals surface area contributed by atoms with Gasteiger partial charge in [-0.3, -0.25) is 0 Å². The molecule has 0 saturated heterocycles. The molecular formula is C20H32O5. The molecule has 1 aliphatic rings. The summed E-state index contributed by atoms with van der Waals surface area (Å²) in [6.07, 6.45) is 3.04. The maximum Gasteiger partial charge on any atom is 0.184 e. The maximum absolute atomic E-state index is 11.7. The maximum atomic E-state index is 11.7. The number of ether oxygens (including phenoxy) is 3. The van der Waals surface area contributed by atoms with Gasteiger partial charge in [0.25, 0.3) is 0 Å². The van der Waals surface area contributed by atoms with Gasteiger partial charge in [0, 0.05) is 13.2 Å². The SMILES string of the molecule is CC#CC1(O)C(OCC)C(C)CC[C@]1(OCC)C(C)(O)C#COCC. The molecule has 0 heterocycles. The summed E-state index contributed by atoms with van der Waals surface area (Å²) >= 11 is 0. The van der Waals surface area contributed by atoms with Crippen molar-refractivity contribution in [3.8, 4) is 23.9 Å². The lowest BCUT2D eigenvalue weighted by Gasteiger charge is -2.56. The monoisotopic (exact) mass is 352 g/mol. The molecule has 0 aliphatic heterocycles. The summed E-state index contributed by atoms with van der Waals surface area (Å²) in [5.74, 6) is 8.46. The van der Waals surface area contributed by atoms with Crippen LogP contribution in [0.1, 0.15) is 54.4 Å². The number of aliphatic hydroxyl groups is 2. The van der Waals surface area contributed by atoms with E-state index in [2.05, 4.69) is 23.9 Å². The average Bonchev–Trinajstić information content (AvgIpc) is 2.55. The first kappa shape index (κ1) is 21.8. The van der Waals surface area contributed by atoms with Gasteiger partial charge in [-0.25, -0.2) is 0 Å². The fourth-order valence-corrected chi connectivity index (χ4v) is 3.73. The molecule has 1 saturated carbocycles. The predicted molar refractivity (Wildman–Crippen MR) is 96.6 cm³/mol. The topological polar surface area (TPSA) is 68.2 Å². The van der Waals surface area contributed by atoms with Crippen molar-refractivity contribution in [2.45, 2.75) is 77.3 Å². The molecule has 5 heteroatoms. The van der Waals surface area contributed by atoms with Crippen LogP contribution in [0.2, 0.25) is 0 Å². The van der Waals surface area contributed by atoms with Crippen molar-refractivity contribution >= 4 is 0 Å². The summed E-state index contributed by atoms with van der Waals surface area (Å²) in [6.45, 7) is 11.8. The van der Waals surface area contributed by atoms with E-state index in [1.165, 1.54) is 6.92 Å². The zero-order valence-corrected chi connectivity index (χ0v) is 16.3. The van der Waals surface area contributed by atoms with Crippen molar-refractivity contribution in [3.05, 3.63) is 0 Å². The Morgan fingerprint density at radius 3 is 2.40 bits per heavy atom. The minimum absolute atomic E-state index is 0.0648. The van der Waals surface area contributed by atoms with E-state index in [-0.39, 0.29) is 5.92 Å². The lowest BCUT2D eigenvalue weighted by Crippen LogP contribution is -2.74. The van der Waals surface area contributed by atoms with Gasteiger partial charge in [-0.1, -0.05) is 12.8 Å². The lowest BCUT2D eigenvalue weighted by atomic mass is 9.60. The molecule has 0 spiro atoms. The van der Waals surface area contributed by atoms with Gasteiger partial charge in [-0.15, -0.1) is 5.92 Å². The second kappa shape index (κ2) is 8.92. The molecule has 1 aliphatic carbocycles. The van der Waals surface area contributed by atoms with Crippen LogP contribution in [-0.4, -0.2) is 52.9 Å². The Morgan fingerprint density at radius 1 is 1.20 bits per heavy atom. The fourth-order valence-electron chi connectivity index (χ4n) is 3.73. The van der Waals surface area contributed by atoms with Gasteiger partial charge >= 0.3 is 0 Å². The zero-order valence-electron chi connectivity index (χ0n) is 16.3. The summed E-state index contributed by atoms with van der Waals surface area (Å²) in [6, 6.07) is 0. The van der Waals surface area contributed by atoms with Gasteiger partial charge in [0.15, 0.2) is 16.8 Å². The number of rotatable bonds is 6. The van der Waals surface area contributed by atoms with Crippen LogP contribution in [-0.2, 0) is 14.2 Å². The van der Waals surface area contributed by atoms with Crippen LogP contribution in [0, 0.1) is 29.8 Å². The predicted octanol–water partition coefficient (Wildman–Crippen LogP) is 2.10. The Balaban J connectivity index is 3.56. The highest BCUT2D eigenvalue weighted by Gasteiger charge is 2.67. The second-order valence-corrected chi connectivity index (χ2v) is 6.53. The molecule has 1 fully saturated rings. The van der Waals surface area contributed by atoms with E-state index < -0.39 is 22.9 Å². The van der Waals surface area contributed by atoms with Crippen LogP contribution >= 0.6 is 0 Å². The first-order valence-electron chi connectivity index (χ1n) is 9.04. The summed E-state index contributed by atoms with van der Waals surface area (Å²) in [7, 11) is 0. The van der Waals surface area contributed by atoms with Crippen molar-refractivity contribution in [3.63, 3.8) is 0 Å². The van der Waals surface area contributed by atoms with E-state index in [4.69, 9.17) is 14.2 Å². The average molecular weight is 352 g/mol. The minimum atomic E-state index is -1.70. The van der Waals surface area contributed by atoms with E-state index in [1.807, 2.05) is 27.7 Å². The first-order chi connectivity index (χ1) is 11.8. The molecule has 1 rings (SSSR count). The summed E-state index contributed by atoms with van der Waals surface area (Å²) < 4.78 is 17.0. The molecule has 0 amide bonds. The van der Waals surface area contributed by atoms with Gasteiger partial charge in [0.05, 0.1) is 6.61 Å². The Hall–Kier alpha value is -1.24. The van der Waals surface area contributed by atoms with Gasteiger partial charge in [-0.2, -0.15) is 0 Å². The van der Waals surface area contributed by atoms with E-state index in [9.17, 15) is 10.2 Å². The minimum Gasteiger partial charge on any atom is -0.447 e. The Bertz CT molecular complexity index is 550. The summed E-state index contributed by atoms with van der Waals surface area (Å²) in [5.41, 5.74) is -4.78. The highest BCUT2D eigenvalue weighted by molar-refractivity contribution is 5.35. The molecule has 0 aromatic heterocycles. The van der Waals surface area contributed by atoms with Crippen molar-refractivity contribution in [2.75, 3.05) is 19.8 Å². The molecule has 0 radical (unpaired) electrons. The van der Waals surface area contributed by atoms with Crippen LogP contribution in [0.4, 0.5) is 0 Å². The van der Waals surface area contributed by atoms with Crippen LogP contribution < -0.4 is 0 Å². The molecule has 0 bridgehead atoms. The van der Waals surface area contributed by atoms with Gasteiger partial charge < -0.3 is 24.4 Å². The third-order valence-corrected chi connectivity index (χ3v) is 4.85. The Labute approximate surface area is 152 Å². The van der Waals surface area contributed by atoms with Crippen LogP contribution in [0.3, 0.4) is 0 Å². The van der Waals surface area contributed by atoms with Gasteiger partial charge in [0.2, 0.25) is 0 Å². The summed E-state index contributed by atoms with van der Waals surface area (Å²) in [5, 5.41) is 22.9. The van der Waals surface area contributed by atoms with Crippen LogP contribution in [0.5, 0.6) is 0 Å². The highest BCUT2D eigenvalue weighted by Crippen LogP contribution is 2.49. The first-order valence-corrected chi connectivity index (χ1v) is 9.04. The largest absolute Gasteiger partial charge is 0.447 e. The number of hydrogen-bond donors (Lipinski definition) is 2. The molecule has 0 aromatic carbocycles. The molecule has 2 N–H and O–H groups in total. The van der Waals surface area contributed by atoms with E-state index in [1.54, 1.807) is 6.92 Å². The van der Waals surface area contributed by atoms with Crippen molar-refractivity contribution in [1.82, 2.24) is 0 Å². The zero-order chi connectivity index (χ0) is 19.1. The second-order valence-electron chi connectivity index (χ2n) is 6.53.